The molecule has 0 unspecified atom stereocenters. The molecule has 0 atom stereocenters. The largest absolute Gasteiger partial charge is 0.435 e. The molecule has 0 fully saturated rings. The molecule has 152 valence electrons. The van der Waals surface area contributed by atoms with Gasteiger partial charge < -0.3 is 10.1 Å². The van der Waals surface area contributed by atoms with E-state index >= 15 is 0 Å². The lowest BCUT2D eigenvalue weighted by Crippen LogP contribution is -2.20. The van der Waals surface area contributed by atoms with E-state index in [1.165, 1.54) is 42.5 Å². The smallest absolute Gasteiger partial charge is 0.434 e. The molecular formula is C18H11ClF5N3O2. The number of halogens is 6. The Morgan fingerprint density at radius 1 is 1.14 bits per heavy atom. The van der Waals surface area contributed by atoms with Gasteiger partial charge in [0, 0.05) is 16.8 Å². The number of aromatic nitrogens is 2. The third-order valence-corrected chi connectivity index (χ3v) is 3.92. The Morgan fingerprint density at radius 2 is 1.83 bits per heavy atom. The van der Waals surface area contributed by atoms with Crippen molar-refractivity contribution in [2.75, 3.05) is 5.32 Å². The van der Waals surface area contributed by atoms with Crippen LogP contribution in [0.2, 0.25) is 5.02 Å². The summed E-state index contributed by atoms with van der Waals surface area (Å²) in [5, 5.41) is 6.21. The number of hydrogen-bond acceptors (Lipinski definition) is 3. The Kier molecular flexibility index (Phi) is 5.73. The van der Waals surface area contributed by atoms with E-state index in [0.717, 1.165) is 12.3 Å². The van der Waals surface area contributed by atoms with Crippen molar-refractivity contribution in [3.8, 4) is 11.4 Å². The highest BCUT2D eigenvalue weighted by atomic mass is 35.5. The van der Waals surface area contributed by atoms with Gasteiger partial charge in [-0.3, -0.25) is 4.79 Å². The summed E-state index contributed by atoms with van der Waals surface area (Å²) in [6.07, 6.45) is -4.13. The molecule has 3 aromatic rings. The zero-order valence-electron chi connectivity index (χ0n) is 14.3. The van der Waals surface area contributed by atoms with Crippen molar-refractivity contribution in [2.24, 2.45) is 0 Å². The number of carbonyl (C=O) groups is 1. The summed E-state index contributed by atoms with van der Waals surface area (Å²) >= 11 is 5.75. The number of nitrogens with one attached hydrogen (secondary N) is 1. The predicted octanol–water partition coefficient (Wildman–Crippen LogP) is 5.40. The summed E-state index contributed by atoms with van der Waals surface area (Å²) in [6, 6.07) is 10.3. The van der Waals surface area contributed by atoms with Crippen LogP contribution in [0, 0.1) is 0 Å². The monoisotopic (exact) mass is 431 g/mol. The molecule has 0 spiro atoms. The number of anilines is 1. The van der Waals surface area contributed by atoms with Crippen molar-refractivity contribution in [2.45, 2.75) is 12.8 Å². The molecule has 1 heterocycles. The van der Waals surface area contributed by atoms with E-state index in [9.17, 15) is 26.7 Å². The summed E-state index contributed by atoms with van der Waals surface area (Å²) in [6.45, 7) is -3.09. The molecule has 0 bridgehead atoms. The summed E-state index contributed by atoms with van der Waals surface area (Å²) < 4.78 is 70.3. The Balaban J connectivity index is 1.94. The number of rotatable bonds is 5. The van der Waals surface area contributed by atoms with Gasteiger partial charge >= 0.3 is 12.8 Å². The number of alkyl halides is 5. The molecule has 0 saturated carbocycles. The molecule has 0 radical (unpaired) electrons. The van der Waals surface area contributed by atoms with Crippen molar-refractivity contribution in [1.29, 1.82) is 0 Å². The quantitative estimate of drug-likeness (QED) is 0.550. The van der Waals surface area contributed by atoms with Crippen LogP contribution in [-0.2, 0) is 6.18 Å². The maximum Gasteiger partial charge on any atom is 0.434 e. The molecule has 1 aromatic heterocycles. The number of amides is 1. The average molecular weight is 432 g/mol. The zero-order valence-corrected chi connectivity index (χ0v) is 15.0. The van der Waals surface area contributed by atoms with Gasteiger partial charge in [-0.2, -0.15) is 27.1 Å². The highest BCUT2D eigenvalue weighted by molar-refractivity contribution is 6.30. The molecule has 3 rings (SSSR count). The molecule has 0 aliphatic rings. The standard InChI is InChI=1S/C18H11ClF5N3O2/c19-10-4-6-12(7-5-10)27-15(18(22,23)24)14(9-25-27)16(28)26-11-2-1-3-13(8-11)29-17(20)21/h1-9,17H,(H,26,28). The third kappa shape index (κ3) is 4.83. The van der Waals surface area contributed by atoms with Gasteiger partial charge in [-0.1, -0.05) is 17.7 Å². The molecule has 5 nitrogen and oxygen atoms in total. The van der Waals surface area contributed by atoms with E-state index in [1.807, 2.05) is 0 Å². The SMILES string of the molecule is O=C(Nc1cccc(OC(F)F)c1)c1cnn(-c2ccc(Cl)cc2)c1C(F)(F)F. The Morgan fingerprint density at radius 3 is 2.45 bits per heavy atom. The molecule has 29 heavy (non-hydrogen) atoms. The van der Waals surface area contributed by atoms with Crippen LogP contribution < -0.4 is 10.1 Å². The van der Waals surface area contributed by atoms with Gasteiger partial charge in [0.25, 0.3) is 5.91 Å². The summed E-state index contributed by atoms with van der Waals surface area (Å²) in [4.78, 5) is 12.4. The number of hydrogen-bond donors (Lipinski definition) is 1. The maximum absolute atomic E-state index is 13.6. The van der Waals surface area contributed by atoms with E-state index < -0.39 is 30.0 Å². The minimum atomic E-state index is -4.90. The fourth-order valence-corrected chi connectivity index (χ4v) is 2.64. The highest BCUT2D eigenvalue weighted by Crippen LogP contribution is 2.34. The van der Waals surface area contributed by atoms with Crippen LogP contribution in [0.15, 0.2) is 54.7 Å². The van der Waals surface area contributed by atoms with Crippen molar-refractivity contribution >= 4 is 23.2 Å². The van der Waals surface area contributed by atoms with Crippen LogP contribution >= 0.6 is 11.6 Å². The second-order valence-corrected chi connectivity index (χ2v) is 6.09. The molecule has 0 aliphatic carbocycles. The van der Waals surface area contributed by atoms with Gasteiger partial charge in [-0.05, 0) is 36.4 Å². The van der Waals surface area contributed by atoms with Crippen LogP contribution in [0.3, 0.4) is 0 Å². The van der Waals surface area contributed by atoms with E-state index in [1.54, 1.807) is 0 Å². The fourth-order valence-electron chi connectivity index (χ4n) is 2.51. The fraction of sp³-hybridized carbons (Fsp3) is 0.111. The van der Waals surface area contributed by atoms with Gasteiger partial charge in [0.2, 0.25) is 0 Å². The lowest BCUT2D eigenvalue weighted by molar-refractivity contribution is -0.143. The Labute approximate surface area is 165 Å². The van der Waals surface area contributed by atoms with Gasteiger partial charge in [0.05, 0.1) is 17.4 Å². The first kappa shape index (κ1) is 20.6. The minimum absolute atomic E-state index is 0.0273. The lowest BCUT2D eigenvalue weighted by Gasteiger charge is -2.13. The Hall–Kier alpha value is -3.14. The maximum atomic E-state index is 13.6. The molecule has 1 N–H and O–H groups in total. The first-order valence-electron chi connectivity index (χ1n) is 7.92. The normalized spacial score (nSPS) is 11.6. The van der Waals surface area contributed by atoms with Crippen LogP contribution in [-0.4, -0.2) is 22.3 Å². The van der Waals surface area contributed by atoms with E-state index in [4.69, 9.17) is 11.6 Å². The van der Waals surface area contributed by atoms with Crippen molar-refractivity contribution in [1.82, 2.24) is 9.78 Å². The molecule has 0 aliphatic heterocycles. The van der Waals surface area contributed by atoms with Crippen LogP contribution in [0.1, 0.15) is 16.1 Å². The lowest BCUT2D eigenvalue weighted by atomic mass is 10.2. The zero-order chi connectivity index (χ0) is 21.2. The number of carbonyl (C=O) groups excluding carboxylic acids is 1. The van der Waals surface area contributed by atoms with Gasteiger partial charge in [-0.15, -0.1) is 0 Å². The molecule has 11 heteroatoms. The van der Waals surface area contributed by atoms with Gasteiger partial charge in [0.1, 0.15) is 5.75 Å². The van der Waals surface area contributed by atoms with Crippen molar-refractivity contribution in [3.63, 3.8) is 0 Å². The van der Waals surface area contributed by atoms with E-state index in [0.29, 0.717) is 9.70 Å². The second kappa shape index (κ2) is 8.08. The summed E-state index contributed by atoms with van der Waals surface area (Å²) in [5.41, 5.74) is -2.02. The van der Waals surface area contributed by atoms with Crippen LogP contribution in [0.5, 0.6) is 5.75 Å². The van der Waals surface area contributed by atoms with Crippen molar-refractivity contribution in [3.05, 3.63) is 71.0 Å². The minimum Gasteiger partial charge on any atom is -0.435 e. The first-order valence-corrected chi connectivity index (χ1v) is 8.30. The van der Waals surface area contributed by atoms with E-state index in [-0.39, 0.29) is 17.1 Å². The summed E-state index contributed by atoms with van der Waals surface area (Å²) in [5.74, 6) is -1.38. The molecular weight excluding hydrogens is 421 g/mol. The van der Waals surface area contributed by atoms with E-state index in [2.05, 4.69) is 15.2 Å². The highest BCUT2D eigenvalue weighted by Gasteiger charge is 2.40. The van der Waals surface area contributed by atoms with Gasteiger partial charge in [-0.25, -0.2) is 4.68 Å². The van der Waals surface area contributed by atoms with Gasteiger partial charge in [0.15, 0.2) is 5.69 Å². The number of nitrogens with zero attached hydrogens (tertiary/aromatic N) is 2. The Bertz CT molecular complexity index is 1020. The number of ether oxygens (including phenoxy) is 1. The molecule has 1 amide bonds. The molecule has 2 aromatic carbocycles. The second-order valence-electron chi connectivity index (χ2n) is 5.65. The average Bonchev–Trinajstić information content (AvgIpc) is 3.08. The topological polar surface area (TPSA) is 56.1 Å². The van der Waals surface area contributed by atoms with Crippen molar-refractivity contribution < 1.29 is 31.5 Å². The summed E-state index contributed by atoms with van der Waals surface area (Å²) in [7, 11) is 0. The predicted molar refractivity (Wildman–Crippen MR) is 94.6 cm³/mol. The van der Waals surface area contributed by atoms with Crippen LogP contribution in [0.25, 0.3) is 5.69 Å². The van der Waals surface area contributed by atoms with Crippen LogP contribution in [0.4, 0.5) is 27.6 Å². The third-order valence-electron chi connectivity index (χ3n) is 3.67. The number of benzene rings is 2. The molecule has 0 saturated heterocycles. The first-order chi connectivity index (χ1) is 13.6.